The topological polar surface area (TPSA) is 38.7 Å². The molecule has 0 aromatic heterocycles. The molecular weight excluding hydrogens is 65.0 g/mol. The van der Waals surface area contributed by atoms with Gasteiger partial charge < -0.3 is 4.84 Å². The Labute approximate surface area is 41.8 Å². The van der Waals surface area contributed by atoms with Crippen LogP contribution in [0.1, 0.15) is 0 Å². The van der Waals surface area contributed by atoms with Crippen LogP contribution in [0.2, 0.25) is 0 Å². The molecule has 0 aromatic carbocycles. The molecule has 0 aliphatic carbocycles. The fourth-order valence-electron chi connectivity index (χ4n) is 0. The van der Waals surface area contributed by atoms with E-state index >= 15 is 0 Å². The van der Waals surface area contributed by atoms with Crippen molar-refractivity contribution in [1.82, 2.24) is 0 Å². The van der Waals surface area contributed by atoms with Gasteiger partial charge in [-0.15, -0.1) is 12.0 Å². The summed E-state index contributed by atoms with van der Waals surface area (Å²) >= 11 is 0. The van der Waals surface area contributed by atoms with E-state index in [9.17, 15) is 0 Å². The molecule has 5 heavy (non-hydrogen) atoms. The van der Waals surface area contributed by atoms with Crippen LogP contribution in [0, 0.1) is 12.0 Å². The van der Waals surface area contributed by atoms with E-state index in [2.05, 4.69) is 11.9 Å². The molecule has 0 heterocycles. The first-order chi connectivity index (χ1) is 1.91. The Morgan fingerprint density at radius 2 is 2.00 bits per heavy atom. The molecule has 0 amide bonds. The zero-order valence-corrected chi connectivity index (χ0v) is 2.97. The summed E-state index contributed by atoms with van der Waals surface area (Å²) in [7, 11) is 2.62. The number of nitrogens with zero attached hydrogens (tertiary/aromatic N) is 1. The van der Waals surface area contributed by atoms with Gasteiger partial charge >= 0.3 is 18.9 Å². The van der Waals surface area contributed by atoms with E-state index in [1.165, 1.54) is 0 Å². The molecule has 0 fully saturated rings. The molecule has 0 N–H and O–H groups in total. The maximum atomic E-state index is 8.64. The summed E-state index contributed by atoms with van der Waals surface area (Å²) in [4.78, 5) is 12.0. The van der Waals surface area contributed by atoms with Gasteiger partial charge in [0.15, 0.2) is 0 Å². The van der Waals surface area contributed by atoms with Crippen LogP contribution in [0.25, 0.3) is 0 Å². The van der Waals surface area contributed by atoms with Gasteiger partial charge in [0, 0.05) is 0 Å². The number of hydrogen-bond acceptors (Lipinski definition) is 3. The molecule has 0 spiro atoms. The first-order valence-corrected chi connectivity index (χ1v) is 0.654. The van der Waals surface area contributed by atoms with Crippen molar-refractivity contribution in [1.29, 1.82) is 0 Å². The minimum atomic E-state index is 0. The van der Waals surface area contributed by atoms with Gasteiger partial charge in [0.25, 0.3) is 0 Å². The van der Waals surface area contributed by atoms with Crippen molar-refractivity contribution in [3.8, 4) is 0 Å². The molecule has 0 aliphatic heterocycles. The molecule has 0 aliphatic rings. The Balaban J connectivity index is 0. The molecule has 0 unspecified atom stereocenters. The standard InChI is InChI=1S/CH2NO2.Li/c1-4-2-3;/h1H2;/q-1;+1. The second kappa shape index (κ2) is 9.00. The molecule has 0 rings (SSSR count). The van der Waals surface area contributed by atoms with E-state index in [0.717, 1.165) is 0 Å². The van der Waals surface area contributed by atoms with E-state index in [1.807, 2.05) is 5.34 Å². The van der Waals surface area contributed by atoms with Crippen molar-refractivity contribution in [2.45, 2.75) is 0 Å². The normalized spacial score (nSPS) is 4.20. The van der Waals surface area contributed by atoms with Crippen molar-refractivity contribution < 1.29 is 23.7 Å². The molecule has 0 bridgehead atoms. The van der Waals surface area contributed by atoms with Gasteiger partial charge in [0.2, 0.25) is 0 Å². The van der Waals surface area contributed by atoms with Gasteiger partial charge in [-0.2, -0.15) is 0 Å². The zero-order chi connectivity index (χ0) is 3.41. The third kappa shape index (κ3) is 16.0. The van der Waals surface area contributed by atoms with Gasteiger partial charge in [0.05, 0.1) is 0 Å². The first kappa shape index (κ1) is 8.89. The van der Waals surface area contributed by atoms with E-state index in [-0.39, 0.29) is 18.9 Å². The van der Waals surface area contributed by atoms with Crippen molar-refractivity contribution in [3.05, 3.63) is 12.0 Å². The Morgan fingerprint density at radius 3 is 2.00 bits per heavy atom. The fraction of sp³-hybridized carbons (Fsp3) is 0. The summed E-state index contributed by atoms with van der Waals surface area (Å²) in [5, 5.41) is 1.88. The molecule has 0 saturated carbocycles. The summed E-state index contributed by atoms with van der Waals surface area (Å²) in [5.41, 5.74) is 0. The summed E-state index contributed by atoms with van der Waals surface area (Å²) < 4.78 is 0. The average Bonchev–Trinajstić information content (AvgIpc) is 1.37. The van der Waals surface area contributed by atoms with Gasteiger partial charge in [-0.25, -0.2) is 0 Å². The van der Waals surface area contributed by atoms with E-state index in [1.54, 1.807) is 0 Å². The molecule has 24 valence electrons. The smallest absolute Gasteiger partial charge is 0.538 e. The summed E-state index contributed by atoms with van der Waals surface area (Å²) in [6.07, 6.45) is 0. The van der Waals surface area contributed by atoms with E-state index in [4.69, 9.17) is 4.91 Å². The maximum Gasteiger partial charge on any atom is 1.00 e. The van der Waals surface area contributed by atoms with Crippen LogP contribution < -0.4 is 18.9 Å². The molecule has 0 radical (unpaired) electrons. The minimum Gasteiger partial charge on any atom is -0.538 e. The summed E-state index contributed by atoms with van der Waals surface area (Å²) in [6.45, 7) is 0. The Kier molecular flexibility index (Phi) is 16.0. The Bertz CT molecular complexity index is 23.6. The predicted molar refractivity (Wildman–Crippen MR) is 12.2 cm³/mol. The maximum absolute atomic E-state index is 8.64. The Hall–Kier alpha value is -0.00260. The van der Waals surface area contributed by atoms with Crippen LogP contribution in [0.4, 0.5) is 0 Å². The molecule has 4 heteroatoms. The quantitative estimate of drug-likeness (QED) is 0.147. The monoisotopic (exact) mass is 67.0 g/mol. The van der Waals surface area contributed by atoms with Crippen LogP contribution in [-0.2, 0) is 4.84 Å². The van der Waals surface area contributed by atoms with Crippen molar-refractivity contribution in [2.75, 3.05) is 0 Å². The number of hydrogen-bond donors (Lipinski definition) is 0. The SMILES string of the molecule is [CH2-]ON=O.[Li+]. The van der Waals surface area contributed by atoms with E-state index < -0.39 is 0 Å². The Morgan fingerprint density at radius 1 is 1.80 bits per heavy atom. The zero-order valence-electron chi connectivity index (χ0n) is 2.97. The van der Waals surface area contributed by atoms with Crippen LogP contribution >= 0.6 is 0 Å². The summed E-state index contributed by atoms with van der Waals surface area (Å²) in [6, 6.07) is 0. The van der Waals surface area contributed by atoms with Crippen molar-refractivity contribution in [2.24, 2.45) is 5.34 Å². The van der Waals surface area contributed by atoms with Crippen LogP contribution in [-0.4, -0.2) is 0 Å². The fourth-order valence-corrected chi connectivity index (χ4v) is 0. The van der Waals surface area contributed by atoms with Gasteiger partial charge in [-0.1, -0.05) is 0 Å². The van der Waals surface area contributed by atoms with Crippen LogP contribution in [0.15, 0.2) is 5.34 Å². The molecule has 0 aromatic rings. The summed E-state index contributed by atoms with van der Waals surface area (Å²) in [5.74, 6) is 0. The third-order valence-electron chi connectivity index (χ3n) is 0.0527. The predicted octanol–water partition coefficient (Wildman–Crippen LogP) is -2.52. The second-order valence-electron chi connectivity index (χ2n) is 0.204. The van der Waals surface area contributed by atoms with Crippen molar-refractivity contribution >= 4 is 0 Å². The minimum absolute atomic E-state index is 0. The van der Waals surface area contributed by atoms with Crippen molar-refractivity contribution in [3.63, 3.8) is 0 Å². The largest absolute Gasteiger partial charge is 1.00 e. The van der Waals surface area contributed by atoms with Gasteiger partial charge in [-0.3, -0.25) is 0 Å². The van der Waals surface area contributed by atoms with Gasteiger partial charge in [-0.05, 0) is 0 Å². The van der Waals surface area contributed by atoms with Gasteiger partial charge in [0.1, 0.15) is 5.34 Å². The third-order valence-corrected chi connectivity index (χ3v) is 0.0527. The second-order valence-corrected chi connectivity index (χ2v) is 0.204. The van der Waals surface area contributed by atoms with E-state index in [0.29, 0.717) is 0 Å². The molecule has 0 saturated heterocycles. The van der Waals surface area contributed by atoms with Crippen LogP contribution in [0.5, 0.6) is 0 Å². The molecule has 0 atom stereocenters. The average molecular weight is 67.0 g/mol. The first-order valence-electron chi connectivity index (χ1n) is 0.654. The molecular formula is CH2LiNO2. The molecule has 3 nitrogen and oxygen atoms in total. The van der Waals surface area contributed by atoms with Crippen LogP contribution in [0.3, 0.4) is 0 Å². The number of rotatable bonds is 1.